The smallest absolute Gasteiger partial charge is 0.410 e. The van der Waals surface area contributed by atoms with E-state index >= 15 is 0 Å². The molecule has 0 saturated carbocycles. The molecule has 1 aliphatic heterocycles. The van der Waals surface area contributed by atoms with Crippen molar-refractivity contribution in [2.75, 3.05) is 13.1 Å². The molecule has 100 valence electrons. The molecule has 1 heterocycles. The number of ketones is 1. The highest BCUT2D eigenvalue weighted by Gasteiger charge is 2.34. The number of fused-ring (bicyclic) bond motifs is 1. The summed E-state index contributed by atoms with van der Waals surface area (Å²) in [5, 5.41) is 0. The van der Waals surface area contributed by atoms with Gasteiger partial charge in [0.1, 0.15) is 5.60 Å². The van der Waals surface area contributed by atoms with Crippen molar-refractivity contribution >= 4 is 11.9 Å². The quantitative estimate of drug-likeness (QED) is 0.664. The fourth-order valence-corrected chi connectivity index (χ4v) is 2.55. The average molecular weight is 251 g/mol. The van der Waals surface area contributed by atoms with Gasteiger partial charge in [-0.25, -0.2) is 4.79 Å². The van der Waals surface area contributed by atoms with Crippen LogP contribution in [0.1, 0.15) is 33.6 Å². The van der Waals surface area contributed by atoms with Crippen LogP contribution in [0.2, 0.25) is 0 Å². The van der Waals surface area contributed by atoms with E-state index in [0.29, 0.717) is 31.3 Å². The van der Waals surface area contributed by atoms with Crippen molar-refractivity contribution in [3.05, 3.63) is 12.2 Å². The molecule has 1 aliphatic carbocycles. The molecule has 2 unspecified atom stereocenters. The second-order valence-corrected chi connectivity index (χ2v) is 6.17. The van der Waals surface area contributed by atoms with Gasteiger partial charge in [0.2, 0.25) is 0 Å². The minimum atomic E-state index is -0.452. The van der Waals surface area contributed by atoms with Gasteiger partial charge < -0.3 is 9.64 Å². The van der Waals surface area contributed by atoms with Gasteiger partial charge in [-0.05, 0) is 45.1 Å². The Kier molecular flexibility index (Phi) is 3.46. The normalized spacial score (nSPS) is 27.9. The highest BCUT2D eigenvalue weighted by atomic mass is 16.6. The van der Waals surface area contributed by atoms with Crippen LogP contribution in [0.25, 0.3) is 0 Å². The predicted molar refractivity (Wildman–Crippen MR) is 68.2 cm³/mol. The van der Waals surface area contributed by atoms with Crippen molar-refractivity contribution in [2.45, 2.75) is 39.2 Å². The summed E-state index contributed by atoms with van der Waals surface area (Å²) >= 11 is 0. The van der Waals surface area contributed by atoms with Crippen LogP contribution in [0.3, 0.4) is 0 Å². The van der Waals surface area contributed by atoms with Crippen molar-refractivity contribution in [1.29, 1.82) is 0 Å². The number of hydrogen-bond acceptors (Lipinski definition) is 3. The first-order valence-corrected chi connectivity index (χ1v) is 6.54. The van der Waals surface area contributed by atoms with E-state index in [1.54, 1.807) is 11.0 Å². The van der Waals surface area contributed by atoms with Crippen LogP contribution in [-0.4, -0.2) is 35.5 Å². The van der Waals surface area contributed by atoms with Gasteiger partial charge in [-0.2, -0.15) is 0 Å². The third-order valence-electron chi connectivity index (χ3n) is 3.45. The first-order chi connectivity index (χ1) is 8.35. The summed E-state index contributed by atoms with van der Waals surface area (Å²) in [6.07, 6.45) is 4.88. The summed E-state index contributed by atoms with van der Waals surface area (Å²) in [6.45, 7) is 6.98. The number of allylic oxidation sites excluding steroid dienone is 1. The maximum atomic E-state index is 12.0. The number of piperidine rings is 1. The molecule has 0 aromatic rings. The Balaban J connectivity index is 1.96. The van der Waals surface area contributed by atoms with E-state index in [1.165, 1.54) is 0 Å². The SMILES string of the molecule is CC(C)(C)OC(=O)N1CCC2CC(=O)C=CC2C1. The summed E-state index contributed by atoms with van der Waals surface area (Å²) in [6, 6.07) is 0. The topological polar surface area (TPSA) is 46.6 Å². The Bertz CT molecular complexity index is 381. The van der Waals surface area contributed by atoms with Crippen LogP contribution in [0.15, 0.2) is 12.2 Å². The molecule has 4 heteroatoms. The van der Waals surface area contributed by atoms with Crippen LogP contribution in [-0.2, 0) is 9.53 Å². The maximum absolute atomic E-state index is 12.0. The Morgan fingerprint density at radius 1 is 1.44 bits per heavy atom. The Hall–Kier alpha value is -1.32. The summed E-state index contributed by atoms with van der Waals surface area (Å²) in [5.41, 5.74) is -0.452. The van der Waals surface area contributed by atoms with E-state index in [4.69, 9.17) is 4.74 Å². The molecule has 1 amide bonds. The lowest BCUT2D eigenvalue weighted by Crippen LogP contribution is -2.46. The average Bonchev–Trinajstić information content (AvgIpc) is 2.26. The van der Waals surface area contributed by atoms with Crippen LogP contribution in [0.4, 0.5) is 4.79 Å². The van der Waals surface area contributed by atoms with Gasteiger partial charge in [0.25, 0.3) is 0 Å². The number of amides is 1. The Morgan fingerprint density at radius 3 is 2.83 bits per heavy atom. The number of hydrogen-bond donors (Lipinski definition) is 0. The minimum Gasteiger partial charge on any atom is -0.444 e. The summed E-state index contributed by atoms with van der Waals surface area (Å²) < 4.78 is 5.37. The molecule has 2 atom stereocenters. The molecular formula is C14H21NO3. The highest BCUT2D eigenvalue weighted by Crippen LogP contribution is 2.31. The molecule has 18 heavy (non-hydrogen) atoms. The zero-order chi connectivity index (χ0) is 13.3. The second kappa shape index (κ2) is 4.75. The third-order valence-corrected chi connectivity index (χ3v) is 3.45. The Morgan fingerprint density at radius 2 is 2.17 bits per heavy atom. The molecule has 1 fully saturated rings. The molecule has 2 rings (SSSR count). The lowest BCUT2D eigenvalue weighted by molar-refractivity contribution is -0.116. The largest absolute Gasteiger partial charge is 0.444 e. The van der Waals surface area contributed by atoms with E-state index in [9.17, 15) is 9.59 Å². The van der Waals surface area contributed by atoms with Crippen LogP contribution in [0, 0.1) is 11.8 Å². The molecule has 0 radical (unpaired) electrons. The highest BCUT2D eigenvalue weighted by molar-refractivity contribution is 5.90. The van der Waals surface area contributed by atoms with Gasteiger partial charge in [0.15, 0.2) is 5.78 Å². The molecule has 0 aromatic heterocycles. The number of likely N-dealkylation sites (tertiary alicyclic amines) is 1. The molecule has 0 aromatic carbocycles. The Labute approximate surface area is 108 Å². The monoisotopic (exact) mass is 251 g/mol. The van der Waals surface area contributed by atoms with Gasteiger partial charge in [0, 0.05) is 19.5 Å². The third kappa shape index (κ3) is 3.12. The second-order valence-electron chi connectivity index (χ2n) is 6.17. The van der Waals surface area contributed by atoms with E-state index < -0.39 is 5.60 Å². The van der Waals surface area contributed by atoms with E-state index in [0.717, 1.165) is 6.42 Å². The summed E-state index contributed by atoms with van der Waals surface area (Å²) in [4.78, 5) is 25.1. The lowest BCUT2D eigenvalue weighted by atomic mass is 9.78. The predicted octanol–water partition coefficient (Wildman–Crippen LogP) is 2.39. The number of carbonyl (C=O) groups excluding carboxylic acids is 2. The molecule has 0 bridgehead atoms. The van der Waals surface area contributed by atoms with E-state index in [2.05, 4.69) is 0 Å². The van der Waals surface area contributed by atoms with Crippen molar-refractivity contribution in [1.82, 2.24) is 4.90 Å². The zero-order valence-corrected chi connectivity index (χ0v) is 11.3. The first kappa shape index (κ1) is 13.1. The maximum Gasteiger partial charge on any atom is 0.410 e. The fraction of sp³-hybridized carbons (Fsp3) is 0.714. The zero-order valence-electron chi connectivity index (χ0n) is 11.3. The summed E-state index contributed by atoms with van der Waals surface area (Å²) in [5.74, 6) is 0.923. The van der Waals surface area contributed by atoms with Gasteiger partial charge in [-0.1, -0.05) is 6.08 Å². The molecule has 0 N–H and O–H groups in total. The van der Waals surface area contributed by atoms with Crippen molar-refractivity contribution in [3.63, 3.8) is 0 Å². The van der Waals surface area contributed by atoms with Crippen molar-refractivity contribution in [3.8, 4) is 0 Å². The first-order valence-electron chi connectivity index (χ1n) is 6.54. The number of rotatable bonds is 0. The van der Waals surface area contributed by atoms with Gasteiger partial charge >= 0.3 is 6.09 Å². The van der Waals surface area contributed by atoms with Gasteiger partial charge in [-0.15, -0.1) is 0 Å². The minimum absolute atomic E-state index is 0.210. The van der Waals surface area contributed by atoms with E-state index in [-0.39, 0.29) is 11.9 Å². The number of carbonyl (C=O) groups is 2. The van der Waals surface area contributed by atoms with Gasteiger partial charge in [-0.3, -0.25) is 4.79 Å². The molecule has 2 aliphatic rings. The molecular weight excluding hydrogens is 230 g/mol. The lowest BCUT2D eigenvalue weighted by Gasteiger charge is -2.38. The van der Waals surface area contributed by atoms with Crippen molar-refractivity contribution < 1.29 is 14.3 Å². The fourth-order valence-electron chi connectivity index (χ4n) is 2.55. The van der Waals surface area contributed by atoms with Crippen LogP contribution >= 0.6 is 0 Å². The molecule has 0 spiro atoms. The standard InChI is InChI=1S/C14H21NO3/c1-14(2,3)18-13(17)15-7-6-10-8-12(16)5-4-11(10)9-15/h4-5,10-11H,6-9H2,1-3H3. The van der Waals surface area contributed by atoms with Crippen molar-refractivity contribution in [2.24, 2.45) is 11.8 Å². The van der Waals surface area contributed by atoms with Crippen LogP contribution in [0.5, 0.6) is 0 Å². The number of nitrogens with zero attached hydrogens (tertiary/aromatic N) is 1. The molecule has 1 saturated heterocycles. The van der Waals surface area contributed by atoms with E-state index in [1.807, 2.05) is 26.8 Å². The summed E-state index contributed by atoms with van der Waals surface area (Å²) in [7, 11) is 0. The van der Waals surface area contributed by atoms with Gasteiger partial charge in [0.05, 0.1) is 0 Å². The van der Waals surface area contributed by atoms with Crippen LogP contribution < -0.4 is 0 Å². The molecule has 4 nitrogen and oxygen atoms in total. The number of ether oxygens (including phenoxy) is 1.